The summed E-state index contributed by atoms with van der Waals surface area (Å²) in [5.41, 5.74) is -0.889. The predicted molar refractivity (Wildman–Crippen MR) is 108 cm³/mol. The van der Waals surface area contributed by atoms with E-state index in [9.17, 15) is 26.4 Å². The second kappa shape index (κ2) is 8.67. The summed E-state index contributed by atoms with van der Waals surface area (Å²) in [7, 11) is -4.33. The Morgan fingerprint density at radius 3 is 2.37 bits per heavy atom. The van der Waals surface area contributed by atoms with Crippen molar-refractivity contribution in [3.63, 3.8) is 0 Å². The van der Waals surface area contributed by atoms with Gasteiger partial charge in [-0.25, -0.2) is 8.42 Å². The van der Waals surface area contributed by atoms with Gasteiger partial charge in [0.25, 0.3) is 15.9 Å². The molecule has 1 aliphatic carbocycles. The van der Waals surface area contributed by atoms with Crippen molar-refractivity contribution >= 4 is 21.6 Å². The molecule has 162 valence electrons. The monoisotopic (exact) mass is 440 g/mol. The molecule has 0 heterocycles. The maximum atomic E-state index is 13.2. The lowest BCUT2D eigenvalue weighted by molar-refractivity contribution is -0.136. The highest BCUT2D eigenvalue weighted by molar-refractivity contribution is 7.92. The molecule has 0 radical (unpaired) electrons. The number of amides is 1. The van der Waals surface area contributed by atoms with Gasteiger partial charge in [0.05, 0.1) is 16.1 Å². The molecule has 0 atom stereocenters. The first-order chi connectivity index (χ1) is 14.1. The van der Waals surface area contributed by atoms with Crippen molar-refractivity contribution in [3.8, 4) is 0 Å². The highest BCUT2D eigenvalue weighted by atomic mass is 32.2. The van der Waals surface area contributed by atoms with Crippen LogP contribution < -0.4 is 10.0 Å². The molecule has 2 aromatic carbocycles. The predicted octanol–water partition coefficient (Wildman–Crippen LogP) is 4.88. The summed E-state index contributed by atoms with van der Waals surface area (Å²) in [5.74, 6) is -0.382. The smallest absolute Gasteiger partial charge is 0.349 e. The van der Waals surface area contributed by atoms with Crippen molar-refractivity contribution in [2.45, 2.75) is 56.1 Å². The van der Waals surface area contributed by atoms with Gasteiger partial charge in [-0.3, -0.25) is 9.52 Å². The number of alkyl halides is 3. The first-order valence-electron chi connectivity index (χ1n) is 9.68. The van der Waals surface area contributed by atoms with Crippen LogP contribution in [0.3, 0.4) is 0 Å². The first kappa shape index (κ1) is 22.1. The molecule has 1 saturated carbocycles. The largest absolute Gasteiger partial charge is 0.418 e. The second-order valence-electron chi connectivity index (χ2n) is 7.43. The number of hydrogen-bond donors (Lipinski definition) is 2. The van der Waals surface area contributed by atoms with E-state index >= 15 is 0 Å². The van der Waals surface area contributed by atoms with Gasteiger partial charge in [-0.2, -0.15) is 13.2 Å². The number of carbonyl (C=O) groups excluding carboxylic acids is 1. The van der Waals surface area contributed by atoms with E-state index in [4.69, 9.17) is 0 Å². The Labute approximate surface area is 173 Å². The van der Waals surface area contributed by atoms with E-state index in [1.165, 1.54) is 30.3 Å². The van der Waals surface area contributed by atoms with Gasteiger partial charge >= 0.3 is 6.18 Å². The van der Waals surface area contributed by atoms with Crippen LogP contribution in [0.4, 0.5) is 18.9 Å². The number of halogens is 3. The Hall–Kier alpha value is -2.55. The molecule has 0 aromatic heterocycles. The zero-order valence-electron chi connectivity index (χ0n) is 16.4. The Balaban J connectivity index is 1.87. The van der Waals surface area contributed by atoms with E-state index < -0.39 is 27.5 Å². The van der Waals surface area contributed by atoms with Gasteiger partial charge in [-0.05, 0) is 49.6 Å². The van der Waals surface area contributed by atoms with E-state index in [2.05, 4.69) is 5.32 Å². The summed E-state index contributed by atoms with van der Waals surface area (Å²) in [4.78, 5) is 12.4. The van der Waals surface area contributed by atoms with Crippen LogP contribution in [0.1, 0.15) is 53.6 Å². The van der Waals surface area contributed by atoms with E-state index in [0.717, 1.165) is 44.2 Å². The van der Waals surface area contributed by atoms with Gasteiger partial charge in [0.2, 0.25) is 0 Å². The minimum Gasteiger partial charge on any atom is -0.349 e. The molecule has 1 amide bonds. The molecule has 5 nitrogen and oxygen atoms in total. The molecule has 1 fully saturated rings. The quantitative estimate of drug-likeness (QED) is 0.696. The van der Waals surface area contributed by atoms with Crippen LogP contribution in [-0.2, 0) is 16.2 Å². The minimum atomic E-state index is -4.71. The minimum absolute atomic E-state index is 0.0442. The highest BCUT2D eigenvalue weighted by Gasteiger charge is 2.34. The molecule has 9 heteroatoms. The lowest BCUT2D eigenvalue weighted by Gasteiger charge is -2.23. The molecule has 0 saturated heterocycles. The number of carbonyl (C=O) groups is 1. The third-order valence-corrected chi connectivity index (χ3v) is 6.54. The summed E-state index contributed by atoms with van der Waals surface area (Å²) < 4.78 is 67.0. The number of benzene rings is 2. The van der Waals surface area contributed by atoms with Crippen LogP contribution in [0.2, 0.25) is 0 Å². The van der Waals surface area contributed by atoms with E-state index in [1.807, 2.05) is 4.72 Å². The van der Waals surface area contributed by atoms with Crippen LogP contribution in [0.15, 0.2) is 47.4 Å². The molecule has 0 spiro atoms. The van der Waals surface area contributed by atoms with Crippen molar-refractivity contribution in [2.75, 3.05) is 4.72 Å². The number of aryl methyl sites for hydroxylation is 1. The zero-order valence-corrected chi connectivity index (χ0v) is 17.2. The lowest BCUT2D eigenvalue weighted by atomic mass is 9.95. The van der Waals surface area contributed by atoms with Gasteiger partial charge in [0.15, 0.2) is 0 Å². The lowest BCUT2D eigenvalue weighted by Crippen LogP contribution is -2.36. The third-order valence-electron chi connectivity index (χ3n) is 5.18. The fraction of sp³-hybridized carbons (Fsp3) is 0.381. The molecular weight excluding hydrogens is 417 g/mol. The first-order valence-corrected chi connectivity index (χ1v) is 11.2. The summed E-state index contributed by atoms with van der Waals surface area (Å²) in [6, 6.07) is 8.33. The number of anilines is 1. The summed E-state index contributed by atoms with van der Waals surface area (Å²) >= 11 is 0. The highest BCUT2D eigenvalue weighted by Crippen LogP contribution is 2.35. The molecule has 0 unspecified atom stereocenters. The van der Waals surface area contributed by atoms with Gasteiger partial charge in [0.1, 0.15) is 0 Å². The molecule has 0 aliphatic heterocycles. The topological polar surface area (TPSA) is 75.3 Å². The number of hydrogen-bond acceptors (Lipinski definition) is 3. The average molecular weight is 440 g/mol. The van der Waals surface area contributed by atoms with Crippen LogP contribution >= 0.6 is 0 Å². The standard InChI is InChI=1S/C21H23F3N2O3S/c1-14-11-12-16(13-17(14)20(27)25-15-7-3-2-4-8-15)30(28,29)26-19-10-6-5-9-18(19)21(22,23)24/h5-6,9-13,15,26H,2-4,7-8H2,1H3,(H,25,27). The van der Waals surface area contributed by atoms with Crippen LogP contribution in [0.5, 0.6) is 0 Å². The summed E-state index contributed by atoms with van der Waals surface area (Å²) in [5, 5.41) is 2.93. The van der Waals surface area contributed by atoms with Crippen molar-refractivity contribution in [2.24, 2.45) is 0 Å². The molecule has 2 N–H and O–H groups in total. The van der Waals surface area contributed by atoms with Gasteiger partial charge in [-0.15, -0.1) is 0 Å². The number of para-hydroxylation sites is 1. The molecule has 1 aliphatic rings. The average Bonchev–Trinajstić information content (AvgIpc) is 2.68. The Morgan fingerprint density at radius 2 is 1.70 bits per heavy atom. The van der Waals surface area contributed by atoms with Crippen LogP contribution in [-0.4, -0.2) is 20.4 Å². The van der Waals surface area contributed by atoms with E-state index in [0.29, 0.717) is 5.56 Å². The van der Waals surface area contributed by atoms with Gasteiger partial charge in [0, 0.05) is 11.6 Å². The van der Waals surface area contributed by atoms with E-state index in [-0.39, 0.29) is 22.4 Å². The van der Waals surface area contributed by atoms with E-state index in [1.54, 1.807) is 6.92 Å². The number of sulfonamides is 1. The van der Waals surface area contributed by atoms with Crippen molar-refractivity contribution in [1.29, 1.82) is 0 Å². The molecule has 30 heavy (non-hydrogen) atoms. The van der Waals surface area contributed by atoms with Gasteiger partial charge in [-0.1, -0.05) is 37.5 Å². The fourth-order valence-electron chi connectivity index (χ4n) is 3.55. The van der Waals surface area contributed by atoms with Crippen molar-refractivity contribution < 1.29 is 26.4 Å². The molecule has 3 rings (SSSR count). The summed E-state index contributed by atoms with van der Waals surface area (Å²) in [6.07, 6.45) is 0.223. The molecule has 0 bridgehead atoms. The van der Waals surface area contributed by atoms with Gasteiger partial charge < -0.3 is 5.32 Å². The Morgan fingerprint density at radius 1 is 1.03 bits per heavy atom. The van der Waals surface area contributed by atoms with Crippen LogP contribution in [0.25, 0.3) is 0 Å². The Kier molecular flexibility index (Phi) is 6.40. The normalized spacial score (nSPS) is 15.6. The summed E-state index contributed by atoms with van der Waals surface area (Å²) in [6.45, 7) is 1.68. The maximum Gasteiger partial charge on any atom is 0.418 e. The molecule has 2 aromatic rings. The third kappa shape index (κ3) is 5.13. The second-order valence-corrected chi connectivity index (χ2v) is 9.12. The Bertz CT molecular complexity index is 1030. The fourth-order valence-corrected chi connectivity index (χ4v) is 4.65. The maximum absolute atomic E-state index is 13.2. The van der Waals surface area contributed by atoms with Crippen LogP contribution in [0, 0.1) is 6.92 Å². The SMILES string of the molecule is Cc1ccc(S(=O)(=O)Nc2ccccc2C(F)(F)F)cc1C(=O)NC1CCCCC1. The van der Waals surface area contributed by atoms with Crippen molar-refractivity contribution in [3.05, 3.63) is 59.2 Å². The van der Waals surface area contributed by atoms with Crippen molar-refractivity contribution in [1.82, 2.24) is 5.32 Å². The zero-order chi connectivity index (χ0) is 21.9. The molecular formula is C21H23F3N2O3S. The number of nitrogens with one attached hydrogen (secondary N) is 2. The number of rotatable bonds is 5.